The molecule has 0 heterocycles. The number of amides is 2. The Labute approximate surface area is 178 Å². The second-order valence-electron chi connectivity index (χ2n) is 6.23. The van der Waals surface area contributed by atoms with E-state index in [9.17, 15) is 14.0 Å². The van der Waals surface area contributed by atoms with E-state index in [0.717, 1.165) is 0 Å². The Morgan fingerprint density at radius 3 is 2.27 bits per heavy atom. The van der Waals surface area contributed by atoms with Gasteiger partial charge in [-0.1, -0.05) is 35.9 Å². The molecule has 0 radical (unpaired) electrons. The molecule has 0 unspecified atom stereocenters. The van der Waals surface area contributed by atoms with Gasteiger partial charge >= 0.3 is 0 Å². The fourth-order valence-electron chi connectivity index (χ4n) is 2.59. The van der Waals surface area contributed by atoms with Gasteiger partial charge in [-0.05, 0) is 60.2 Å². The summed E-state index contributed by atoms with van der Waals surface area (Å²) in [6.07, 6.45) is 1.45. The van der Waals surface area contributed by atoms with E-state index in [-0.39, 0.29) is 16.3 Å². The molecule has 0 saturated carbocycles. The lowest BCUT2D eigenvalue weighted by Crippen LogP contribution is -2.30. The quantitative estimate of drug-likeness (QED) is 0.553. The van der Waals surface area contributed by atoms with Gasteiger partial charge < -0.3 is 15.4 Å². The summed E-state index contributed by atoms with van der Waals surface area (Å²) >= 11 is 6.08. The molecule has 5 nitrogen and oxygen atoms in total. The van der Waals surface area contributed by atoms with E-state index in [0.29, 0.717) is 17.0 Å². The highest BCUT2D eigenvalue weighted by Gasteiger charge is 2.17. The van der Waals surface area contributed by atoms with Gasteiger partial charge in [-0.3, -0.25) is 9.59 Å². The Kier molecular flexibility index (Phi) is 6.83. The van der Waals surface area contributed by atoms with Crippen molar-refractivity contribution in [1.29, 1.82) is 0 Å². The van der Waals surface area contributed by atoms with E-state index in [1.807, 2.05) is 0 Å². The molecule has 3 aromatic carbocycles. The van der Waals surface area contributed by atoms with Crippen molar-refractivity contribution in [1.82, 2.24) is 5.32 Å². The summed E-state index contributed by atoms with van der Waals surface area (Å²) in [5.74, 6) is -0.859. The average Bonchev–Trinajstić information content (AvgIpc) is 2.75. The zero-order valence-corrected chi connectivity index (χ0v) is 16.7. The molecule has 2 N–H and O–H groups in total. The number of hydrogen-bond donors (Lipinski definition) is 2. The van der Waals surface area contributed by atoms with E-state index in [1.54, 1.807) is 55.6 Å². The third kappa shape index (κ3) is 5.46. The first-order valence-corrected chi connectivity index (χ1v) is 9.32. The number of carbonyl (C=O) groups excluding carboxylic acids is 2. The van der Waals surface area contributed by atoms with Crippen molar-refractivity contribution in [3.8, 4) is 5.75 Å². The fourth-order valence-corrected chi connectivity index (χ4v) is 2.81. The van der Waals surface area contributed by atoms with Gasteiger partial charge in [0.1, 0.15) is 17.3 Å². The highest BCUT2D eigenvalue weighted by atomic mass is 35.5. The van der Waals surface area contributed by atoms with Gasteiger partial charge in [0.25, 0.3) is 11.8 Å². The number of ether oxygens (including phenoxy) is 1. The Bertz CT molecular complexity index is 1080. The Hall–Kier alpha value is -3.64. The Morgan fingerprint density at radius 1 is 0.967 bits per heavy atom. The predicted octanol–water partition coefficient (Wildman–Crippen LogP) is 4.90. The van der Waals surface area contributed by atoms with E-state index < -0.39 is 17.6 Å². The first-order chi connectivity index (χ1) is 14.5. The highest BCUT2D eigenvalue weighted by molar-refractivity contribution is 6.34. The van der Waals surface area contributed by atoms with Crippen LogP contribution in [0.1, 0.15) is 15.9 Å². The number of halogens is 2. The molecule has 0 aliphatic rings. The van der Waals surface area contributed by atoms with Crippen molar-refractivity contribution >= 4 is 35.2 Å². The maximum atomic E-state index is 13.2. The van der Waals surface area contributed by atoms with Crippen LogP contribution in [-0.4, -0.2) is 18.9 Å². The molecule has 0 aliphatic carbocycles. The third-order valence-electron chi connectivity index (χ3n) is 4.14. The summed E-state index contributed by atoms with van der Waals surface area (Å²) in [5, 5.41) is 5.56. The van der Waals surface area contributed by atoms with Gasteiger partial charge in [-0.25, -0.2) is 4.39 Å². The van der Waals surface area contributed by atoms with Crippen LogP contribution in [0.3, 0.4) is 0 Å². The monoisotopic (exact) mass is 424 g/mol. The van der Waals surface area contributed by atoms with Crippen LogP contribution in [-0.2, 0) is 4.79 Å². The molecule has 0 bridgehead atoms. The number of nitrogens with one attached hydrogen (secondary N) is 2. The molecule has 0 aliphatic heterocycles. The minimum Gasteiger partial charge on any atom is -0.497 e. The molecule has 0 atom stereocenters. The molecular weight excluding hydrogens is 407 g/mol. The highest BCUT2D eigenvalue weighted by Crippen LogP contribution is 2.18. The van der Waals surface area contributed by atoms with Crippen LogP contribution < -0.4 is 15.4 Å². The van der Waals surface area contributed by atoms with Crippen molar-refractivity contribution in [3.63, 3.8) is 0 Å². The number of benzene rings is 3. The average molecular weight is 425 g/mol. The second kappa shape index (κ2) is 9.71. The molecular formula is C23H18ClFN2O3. The predicted molar refractivity (Wildman–Crippen MR) is 115 cm³/mol. The van der Waals surface area contributed by atoms with Crippen LogP contribution >= 0.6 is 11.6 Å². The van der Waals surface area contributed by atoms with Crippen molar-refractivity contribution in [2.75, 3.05) is 12.4 Å². The Morgan fingerprint density at radius 2 is 1.63 bits per heavy atom. The normalized spacial score (nSPS) is 11.0. The number of methoxy groups -OCH3 is 1. The maximum absolute atomic E-state index is 13.2. The lowest BCUT2D eigenvalue weighted by Gasteiger charge is -2.12. The SMILES string of the molecule is COc1ccc(NC(=O)/C(=C\c2ccc(F)cc2)NC(=O)c2ccccc2Cl)cc1. The molecule has 0 spiro atoms. The van der Waals surface area contributed by atoms with Gasteiger partial charge in [-0.2, -0.15) is 0 Å². The topological polar surface area (TPSA) is 67.4 Å². The standard InChI is InChI=1S/C23H18ClFN2O3/c1-30-18-12-10-17(11-13-18)26-23(29)21(14-15-6-8-16(25)9-7-15)27-22(28)19-4-2-3-5-20(19)24/h2-14H,1H3,(H,26,29)(H,27,28)/b21-14+. The molecule has 0 fully saturated rings. The number of anilines is 1. The number of carbonyl (C=O) groups is 2. The molecule has 30 heavy (non-hydrogen) atoms. The molecule has 2 amide bonds. The number of rotatable bonds is 6. The van der Waals surface area contributed by atoms with E-state index in [4.69, 9.17) is 16.3 Å². The first kappa shape index (κ1) is 21.1. The molecule has 152 valence electrons. The molecule has 3 aromatic rings. The second-order valence-corrected chi connectivity index (χ2v) is 6.63. The fraction of sp³-hybridized carbons (Fsp3) is 0.0435. The van der Waals surface area contributed by atoms with Crippen molar-refractivity contribution in [2.45, 2.75) is 0 Å². The summed E-state index contributed by atoms with van der Waals surface area (Å²) in [4.78, 5) is 25.5. The van der Waals surface area contributed by atoms with E-state index >= 15 is 0 Å². The summed E-state index contributed by atoms with van der Waals surface area (Å²) in [7, 11) is 1.54. The van der Waals surface area contributed by atoms with Gasteiger partial charge in [0.05, 0.1) is 17.7 Å². The molecule has 3 rings (SSSR count). The van der Waals surface area contributed by atoms with Crippen LogP contribution in [0.15, 0.2) is 78.5 Å². The summed E-state index contributed by atoms with van der Waals surface area (Å²) < 4.78 is 18.3. The minimum absolute atomic E-state index is 0.0256. The van der Waals surface area contributed by atoms with Crippen LogP contribution in [0.25, 0.3) is 6.08 Å². The lowest BCUT2D eigenvalue weighted by molar-refractivity contribution is -0.113. The van der Waals surface area contributed by atoms with Crippen molar-refractivity contribution < 1.29 is 18.7 Å². The summed E-state index contributed by atoms with van der Waals surface area (Å²) in [6, 6.07) is 18.8. The lowest BCUT2D eigenvalue weighted by atomic mass is 10.1. The summed E-state index contributed by atoms with van der Waals surface area (Å²) in [5.41, 5.74) is 1.25. The van der Waals surface area contributed by atoms with Crippen LogP contribution in [0, 0.1) is 5.82 Å². The smallest absolute Gasteiger partial charge is 0.272 e. The van der Waals surface area contributed by atoms with E-state index in [1.165, 1.54) is 30.3 Å². The summed E-state index contributed by atoms with van der Waals surface area (Å²) in [6.45, 7) is 0. The van der Waals surface area contributed by atoms with E-state index in [2.05, 4.69) is 10.6 Å². The minimum atomic E-state index is -0.551. The Balaban J connectivity index is 1.88. The van der Waals surface area contributed by atoms with Crippen LogP contribution in [0.4, 0.5) is 10.1 Å². The first-order valence-electron chi connectivity index (χ1n) is 8.95. The van der Waals surface area contributed by atoms with Crippen molar-refractivity contribution in [3.05, 3.63) is 100 Å². The largest absolute Gasteiger partial charge is 0.497 e. The van der Waals surface area contributed by atoms with Crippen molar-refractivity contribution in [2.24, 2.45) is 0 Å². The molecule has 0 saturated heterocycles. The zero-order chi connectivity index (χ0) is 21.5. The number of hydrogen-bond acceptors (Lipinski definition) is 3. The van der Waals surface area contributed by atoms with Gasteiger partial charge in [0, 0.05) is 5.69 Å². The maximum Gasteiger partial charge on any atom is 0.272 e. The van der Waals surface area contributed by atoms with Gasteiger partial charge in [0.2, 0.25) is 0 Å². The van der Waals surface area contributed by atoms with Crippen LogP contribution in [0.2, 0.25) is 5.02 Å². The molecule has 0 aromatic heterocycles. The molecule has 7 heteroatoms. The van der Waals surface area contributed by atoms with Crippen LogP contribution in [0.5, 0.6) is 5.75 Å². The zero-order valence-electron chi connectivity index (χ0n) is 16.0. The third-order valence-corrected chi connectivity index (χ3v) is 4.47. The van der Waals surface area contributed by atoms with Gasteiger partial charge in [0.15, 0.2) is 0 Å². The van der Waals surface area contributed by atoms with Gasteiger partial charge in [-0.15, -0.1) is 0 Å².